The number of hydrogen-bond acceptors (Lipinski definition) is 3. The van der Waals surface area contributed by atoms with Gasteiger partial charge in [0, 0.05) is 25.9 Å². The molecule has 80 valence electrons. The van der Waals surface area contributed by atoms with Crippen molar-refractivity contribution in [2.75, 3.05) is 19.0 Å². The molecule has 1 aromatic heterocycles. The van der Waals surface area contributed by atoms with Gasteiger partial charge in [-0.25, -0.2) is 0 Å². The van der Waals surface area contributed by atoms with E-state index in [4.69, 9.17) is 4.74 Å². The van der Waals surface area contributed by atoms with Crippen molar-refractivity contribution >= 4 is 5.69 Å². The number of rotatable bonds is 6. The van der Waals surface area contributed by atoms with Gasteiger partial charge in [0.1, 0.15) is 0 Å². The van der Waals surface area contributed by atoms with Crippen LogP contribution in [0.2, 0.25) is 0 Å². The van der Waals surface area contributed by atoms with E-state index in [0.29, 0.717) is 12.6 Å². The average molecular weight is 197 g/mol. The lowest BCUT2D eigenvalue weighted by Gasteiger charge is -2.11. The quantitative estimate of drug-likeness (QED) is 0.755. The minimum atomic E-state index is 0.319. The van der Waals surface area contributed by atoms with Gasteiger partial charge in [-0.05, 0) is 13.3 Å². The van der Waals surface area contributed by atoms with Crippen LogP contribution in [-0.2, 0) is 11.3 Å². The maximum Gasteiger partial charge on any atom is 0.0729 e. The summed E-state index contributed by atoms with van der Waals surface area (Å²) in [4.78, 5) is 0. The minimum Gasteiger partial charge on any atom is -0.383 e. The van der Waals surface area contributed by atoms with Crippen molar-refractivity contribution in [2.45, 2.75) is 32.9 Å². The Morgan fingerprint density at radius 1 is 1.64 bits per heavy atom. The summed E-state index contributed by atoms with van der Waals surface area (Å²) in [5, 5.41) is 7.55. The Balaban J connectivity index is 2.42. The summed E-state index contributed by atoms with van der Waals surface area (Å²) in [6.45, 7) is 5.91. The number of ether oxygens (including phenoxy) is 1. The molecular weight excluding hydrogens is 178 g/mol. The molecule has 0 aliphatic rings. The normalized spacial score (nSPS) is 12.8. The summed E-state index contributed by atoms with van der Waals surface area (Å²) in [6, 6.07) is 0.319. The second-order valence-electron chi connectivity index (χ2n) is 3.49. The monoisotopic (exact) mass is 197 g/mol. The molecule has 0 saturated carbocycles. The summed E-state index contributed by atoms with van der Waals surface area (Å²) in [5.41, 5.74) is 1.06. The number of methoxy groups -OCH3 is 1. The first kappa shape index (κ1) is 11.0. The Morgan fingerprint density at radius 3 is 3.07 bits per heavy atom. The van der Waals surface area contributed by atoms with E-state index >= 15 is 0 Å². The molecule has 1 aromatic rings. The number of nitrogens with one attached hydrogen (secondary N) is 1. The largest absolute Gasteiger partial charge is 0.383 e. The van der Waals surface area contributed by atoms with Gasteiger partial charge < -0.3 is 10.1 Å². The highest BCUT2D eigenvalue weighted by Gasteiger charge is 2.02. The number of hydrogen-bond donors (Lipinski definition) is 1. The van der Waals surface area contributed by atoms with Crippen LogP contribution in [0.4, 0.5) is 5.69 Å². The van der Waals surface area contributed by atoms with Crippen molar-refractivity contribution in [3.8, 4) is 0 Å². The van der Waals surface area contributed by atoms with Gasteiger partial charge in [0.05, 0.1) is 18.5 Å². The SMILES string of the molecule is CCCn1cc(N[C@@H](C)COC)cn1. The first-order valence-electron chi connectivity index (χ1n) is 5.04. The highest BCUT2D eigenvalue weighted by atomic mass is 16.5. The third-order valence-electron chi connectivity index (χ3n) is 1.92. The summed E-state index contributed by atoms with van der Waals surface area (Å²) < 4.78 is 6.99. The van der Waals surface area contributed by atoms with Crippen molar-refractivity contribution in [2.24, 2.45) is 0 Å². The number of aryl methyl sites for hydroxylation is 1. The molecule has 0 bridgehead atoms. The second-order valence-corrected chi connectivity index (χ2v) is 3.49. The van der Waals surface area contributed by atoms with Crippen molar-refractivity contribution in [1.82, 2.24) is 9.78 Å². The zero-order valence-corrected chi connectivity index (χ0v) is 9.16. The Morgan fingerprint density at radius 2 is 2.43 bits per heavy atom. The van der Waals surface area contributed by atoms with Gasteiger partial charge in [-0.1, -0.05) is 6.92 Å². The van der Waals surface area contributed by atoms with Crippen LogP contribution in [0, 0.1) is 0 Å². The highest BCUT2D eigenvalue weighted by molar-refractivity contribution is 5.39. The van der Waals surface area contributed by atoms with E-state index in [-0.39, 0.29) is 0 Å². The lowest BCUT2D eigenvalue weighted by molar-refractivity contribution is 0.190. The summed E-state index contributed by atoms with van der Waals surface area (Å²) in [7, 11) is 1.71. The molecule has 1 N–H and O–H groups in total. The van der Waals surface area contributed by atoms with Crippen LogP contribution in [-0.4, -0.2) is 29.5 Å². The van der Waals surface area contributed by atoms with E-state index in [1.165, 1.54) is 0 Å². The standard InChI is InChI=1S/C10H19N3O/c1-4-5-13-7-10(6-11-13)12-9(2)8-14-3/h6-7,9,12H,4-5,8H2,1-3H3/t9-/m0/s1. The van der Waals surface area contributed by atoms with Crippen LogP contribution in [0.25, 0.3) is 0 Å². The Kier molecular flexibility index (Phi) is 4.46. The topological polar surface area (TPSA) is 39.1 Å². The first-order chi connectivity index (χ1) is 6.76. The van der Waals surface area contributed by atoms with Gasteiger partial charge in [-0.15, -0.1) is 0 Å². The van der Waals surface area contributed by atoms with Crippen molar-refractivity contribution < 1.29 is 4.74 Å². The zero-order chi connectivity index (χ0) is 10.4. The Hall–Kier alpha value is -1.03. The van der Waals surface area contributed by atoms with Gasteiger partial charge >= 0.3 is 0 Å². The number of aromatic nitrogens is 2. The summed E-state index contributed by atoms with van der Waals surface area (Å²) in [6.07, 6.45) is 4.98. The van der Waals surface area contributed by atoms with Crippen molar-refractivity contribution in [1.29, 1.82) is 0 Å². The van der Waals surface area contributed by atoms with Gasteiger partial charge in [-0.3, -0.25) is 4.68 Å². The fraction of sp³-hybridized carbons (Fsp3) is 0.700. The van der Waals surface area contributed by atoms with Crippen molar-refractivity contribution in [3.63, 3.8) is 0 Å². The number of anilines is 1. The van der Waals surface area contributed by atoms with Gasteiger partial charge in [0.2, 0.25) is 0 Å². The Bertz CT molecular complexity index is 260. The fourth-order valence-electron chi connectivity index (χ4n) is 1.37. The fourth-order valence-corrected chi connectivity index (χ4v) is 1.37. The molecule has 0 aliphatic heterocycles. The van der Waals surface area contributed by atoms with E-state index in [2.05, 4.69) is 24.3 Å². The lowest BCUT2D eigenvalue weighted by Crippen LogP contribution is -2.20. The van der Waals surface area contributed by atoms with Gasteiger partial charge in [0.15, 0.2) is 0 Å². The maximum atomic E-state index is 5.04. The van der Waals surface area contributed by atoms with E-state index in [1.807, 2.05) is 17.1 Å². The molecule has 0 fully saturated rings. The third-order valence-corrected chi connectivity index (χ3v) is 1.92. The van der Waals surface area contributed by atoms with Crippen LogP contribution in [0.3, 0.4) is 0 Å². The predicted molar refractivity (Wildman–Crippen MR) is 57.5 cm³/mol. The molecule has 0 amide bonds. The molecule has 0 aromatic carbocycles. The molecule has 1 heterocycles. The van der Waals surface area contributed by atoms with Crippen LogP contribution in [0.1, 0.15) is 20.3 Å². The first-order valence-corrected chi connectivity index (χ1v) is 5.04. The van der Waals surface area contributed by atoms with Gasteiger partial charge in [0.25, 0.3) is 0 Å². The molecular formula is C10H19N3O. The van der Waals surface area contributed by atoms with E-state index in [0.717, 1.165) is 18.7 Å². The summed E-state index contributed by atoms with van der Waals surface area (Å²) >= 11 is 0. The van der Waals surface area contributed by atoms with Crippen LogP contribution >= 0.6 is 0 Å². The molecule has 4 heteroatoms. The molecule has 1 atom stereocenters. The van der Waals surface area contributed by atoms with Crippen LogP contribution < -0.4 is 5.32 Å². The smallest absolute Gasteiger partial charge is 0.0729 e. The third kappa shape index (κ3) is 3.38. The minimum absolute atomic E-state index is 0.319. The summed E-state index contributed by atoms with van der Waals surface area (Å²) in [5.74, 6) is 0. The van der Waals surface area contributed by atoms with E-state index < -0.39 is 0 Å². The van der Waals surface area contributed by atoms with E-state index in [9.17, 15) is 0 Å². The predicted octanol–water partition coefficient (Wildman–Crippen LogP) is 1.74. The Labute approximate surface area is 85.3 Å². The molecule has 0 aliphatic carbocycles. The molecule has 0 unspecified atom stereocenters. The molecule has 0 spiro atoms. The molecule has 1 rings (SSSR count). The lowest BCUT2D eigenvalue weighted by atomic mass is 10.3. The van der Waals surface area contributed by atoms with E-state index in [1.54, 1.807) is 7.11 Å². The molecule has 0 saturated heterocycles. The molecule has 0 radical (unpaired) electrons. The average Bonchev–Trinajstić information content (AvgIpc) is 2.53. The zero-order valence-electron chi connectivity index (χ0n) is 9.16. The van der Waals surface area contributed by atoms with Crippen molar-refractivity contribution in [3.05, 3.63) is 12.4 Å². The maximum absolute atomic E-state index is 5.04. The van der Waals surface area contributed by atoms with Gasteiger partial charge in [-0.2, -0.15) is 5.10 Å². The second kappa shape index (κ2) is 5.65. The molecule has 4 nitrogen and oxygen atoms in total. The highest BCUT2D eigenvalue weighted by Crippen LogP contribution is 2.07. The number of nitrogens with zero attached hydrogens (tertiary/aromatic N) is 2. The molecule has 14 heavy (non-hydrogen) atoms. The van der Waals surface area contributed by atoms with Crippen LogP contribution in [0.5, 0.6) is 0 Å². The van der Waals surface area contributed by atoms with Crippen LogP contribution in [0.15, 0.2) is 12.4 Å².